The molecular weight excluding hydrogens is 272 g/mol. The monoisotopic (exact) mass is 286 g/mol. The Morgan fingerprint density at radius 2 is 2.19 bits per heavy atom. The summed E-state index contributed by atoms with van der Waals surface area (Å²) in [6.07, 6.45) is 0.841. The molecule has 0 spiro atoms. The lowest BCUT2D eigenvalue weighted by atomic mass is 10.2. The van der Waals surface area contributed by atoms with E-state index in [1.165, 1.54) is 0 Å². The van der Waals surface area contributed by atoms with Gasteiger partial charge in [0.15, 0.2) is 5.76 Å². The van der Waals surface area contributed by atoms with Crippen LogP contribution in [0.2, 0.25) is 0 Å². The summed E-state index contributed by atoms with van der Waals surface area (Å²) < 4.78 is 10.3. The SMILES string of the molecule is O=C1CCC(C(=O)OCc2cc(-c3ccccc3)on2)N1. The second-order valence-electron chi connectivity index (χ2n) is 4.82. The first-order valence-electron chi connectivity index (χ1n) is 6.69. The van der Waals surface area contributed by atoms with Crippen LogP contribution in [0, 0.1) is 0 Å². The Kier molecular flexibility index (Phi) is 3.68. The van der Waals surface area contributed by atoms with Crippen LogP contribution in [-0.2, 0) is 20.9 Å². The lowest BCUT2D eigenvalue weighted by molar-refractivity contribution is -0.147. The number of benzene rings is 1. The number of carbonyl (C=O) groups is 2. The first-order chi connectivity index (χ1) is 10.2. The van der Waals surface area contributed by atoms with E-state index in [2.05, 4.69) is 10.5 Å². The van der Waals surface area contributed by atoms with Gasteiger partial charge < -0.3 is 14.6 Å². The molecule has 3 rings (SSSR count). The van der Waals surface area contributed by atoms with E-state index in [-0.39, 0.29) is 12.5 Å². The lowest BCUT2D eigenvalue weighted by Crippen LogP contribution is -2.34. The quantitative estimate of drug-likeness (QED) is 0.864. The molecule has 1 saturated heterocycles. The third-order valence-electron chi connectivity index (χ3n) is 3.26. The third-order valence-corrected chi connectivity index (χ3v) is 3.26. The Hall–Kier alpha value is -2.63. The molecule has 108 valence electrons. The van der Waals surface area contributed by atoms with Crippen molar-refractivity contribution in [3.8, 4) is 11.3 Å². The summed E-state index contributed by atoms with van der Waals surface area (Å²) in [5.74, 6) is 0.0608. The van der Waals surface area contributed by atoms with Crippen molar-refractivity contribution in [2.75, 3.05) is 0 Å². The van der Waals surface area contributed by atoms with Gasteiger partial charge in [0.05, 0.1) is 0 Å². The molecule has 0 radical (unpaired) electrons. The molecule has 1 atom stereocenters. The Bertz CT molecular complexity index is 651. The average molecular weight is 286 g/mol. The highest BCUT2D eigenvalue weighted by Gasteiger charge is 2.28. The summed E-state index contributed by atoms with van der Waals surface area (Å²) in [6.45, 7) is 0.0293. The molecule has 1 aromatic carbocycles. The normalized spacial score (nSPS) is 17.5. The average Bonchev–Trinajstić information content (AvgIpc) is 3.15. The first kappa shape index (κ1) is 13.4. The standard InChI is InChI=1S/C15H14N2O4/c18-14-7-6-12(16-14)15(19)20-9-11-8-13(21-17-11)10-4-2-1-3-5-10/h1-5,8,12H,6-7,9H2,(H,16,18). The molecule has 6 nitrogen and oxygen atoms in total. The van der Waals surface area contributed by atoms with Crippen LogP contribution >= 0.6 is 0 Å². The van der Waals surface area contributed by atoms with Gasteiger partial charge in [-0.3, -0.25) is 4.79 Å². The molecule has 1 aromatic heterocycles. The minimum Gasteiger partial charge on any atom is -0.458 e. The summed E-state index contributed by atoms with van der Waals surface area (Å²) in [5, 5.41) is 6.43. The molecule has 2 heterocycles. The van der Waals surface area contributed by atoms with Crippen LogP contribution in [0.15, 0.2) is 40.9 Å². The first-order valence-corrected chi connectivity index (χ1v) is 6.69. The number of hydrogen-bond acceptors (Lipinski definition) is 5. The van der Waals surface area contributed by atoms with Gasteiger partial charge in [-0.05, 0) is 6.42 Å². The van der Waals surface area contributed by atoms with Crippen molar-refractivity contribution in [2.45, 2.75) is 25.5 Å². The maximum Gasteiger partial charge on any atom is 0.329 e. The number of hydrogen-bond donors (Lipinski definition) is 1. The number of aromatic nitrogens is 1. The number of nitrogens with one attached hydrogen (secondary N) is 1. The zero-order chi connectivity index (χ0) is 14.7. The van der Waals surface area contributed by atoms with Crippen molar-refractivity contribution in [1.29, 1.82) is 0 Å². The zero-order valence-corrected chi connectivity index (χ0v) is 11.2. The molecule has 6 heteroatoms. The Morgan fingerprint density at radius 3 is 2.90 bits per heavy atom. The highest BCUT2D eigenvalue weighted by atomic mass is 16.5. The lowest BCUT2D eigenvalue weighted by Gasteiger charge is -2.08. The zero-order valence-electron chi connectivity index (χ0n) is 11.2. The molecule has 2 aromatic rings. The molecular formula is C15H14N2O4. The van der Waals surface area contributed by atoms with Crippen molar-refractivity contribution in [3.63, 3.8) is 0 Å². The largest absolute Gasteiger partial charge is 0.458 e. The van der Waals surface area contributed by atoms with Gasteiger partial charge in [0, 0.05) is 18.1 Å². The molecule has 1 aliphatic heterocycles. The molecule has 1 N–H and O–H groups in total. The number of carbonyl (C=O) groups excluding carboxylic acids is 2. The van der Waals surface area contributed by atoms with Crippen LogP contribution in [-0.4, -0.2) is 23.1 Å². The van der Waals surface area contributed by atoms with Crippen LogP contribution in [0.3, 0.4) is 0 Å². The van der Waals surface area contributed by atoms with Gasteiger partial charge in [-0.25, -0.2) is 4.79 Å². The maximum atomic E-state index is 11.7. The highest BCUT2D eigenvalue weighted by molar-refractivity contribution is 5.88. The third kappa shape index (κ3) is 3.10. The van der Waals surface area contributed by atoms with E-state index in [1.807, 2.05) is 30.3 Å². The van der Waals surface area contributed by atoms with Crippen LogP contribution in [0.5, 0.6) is 0 Å². The van der Waals surface area contributed by atoms with Gasteiger partial charge in [-0.1, -0.05) is 35.5 Å². The number of esters is 1. The molecule has 0 bridgehead atoms. The molecule has 1 aliphatic rings. The van der Waals surface area contributed by atoms with Crippen molar-refractivity contribution < 1.29 is 18.8 Å². The predicted octanol–water partition coefficient (Wildman–Crippen LogP) is 1.66. The fourth-order valence-electron chi connectivity index (χ4n) is 2.15. The molecule has 1 fully saturated rings. The van der Waals surface area contributed by atoms with E-state index in [1.54, 1.807) is 6.07 Å². The summed E-state index contributed by atoms with van der Waals surface area (Å²) in [6, 6.07) is 10.7. The Balaban J connectivity index is 1.58. The van der Waals surface area contributed by atoms with Gasteiger partial charge in [-0.2, -0.15) is 0 Å². The highest BCUT2D eigenvalue weighted by Crippen LogP contribution is 2.20. The van der Waals surface area contributed by atoms with Crippen LogP contribution in [0.25, 0.3) is 11.3 Å². The molecule has 21 heavy (non-hydrogen) atoms. The number of ether oxygens (including phenoxy) is 1. The number of nitrogens with zero attached hydrogens (tertiary/aromatic N) is 1. The van der Waals surface area contributed by atoms with E-state index in [4.69, 9.17) is 9.26 Å². The minimum absolute atomic E-state index is 0.0293. The van der Waals surface area contributed by atoms with Crippen LogP contribution < -0.4 is 5.32 Å². The maximum absolute atomic E-state index is 11.7. The molecule has 1 amide bonds. The summed E-state index contributed by atoms with van der Waals surface area (Å²) in [7, 11) is 0. The number of rotatable bonds is 4. The fourth-order valence-corrected chi connectivity index (χ4v) is 2.15. The Morgan fingerprint density at radius 1 is 1.38 bits per heavy atom. The topological polar surface area (TPSA) is 81.4 Å². The second-order valence-corrected chi connectivity index (χ2v) is 4.82. The molecule has 0 saturated carbocycles. The van der Waals surface area contributed by atoms with Crippen LogP contribution in [0.1, 0.15) is 18.5 Å². The van der Waals surface area contributed by atoms with E-state index >= 15 is 0 Å². The summed E-state index contributed by atoms with van der Waals surface area (Å²) in [4.78, 5) is 22.8. The molecule has 1 unspecified atom stereocenters. The predicted molar refractivity (Wildman–Crippen MR) is 72.9 cm³/mol. The van der Waals surface area contributed by atoms with Crippen LogP contribution in [0.4, 0.5) is 0 Å². The van der Waals surface area contributed by atoms with Crippen molar-refractivity contribution in [1.82, 2.24) is 10.5 Å². The van der Waals surface area contributed by atoms with E-state index in [0.717, 1.165) is 5.56 Å². The second kappa shape index (κ2) is 5.78. The van der Waals surface area contributed by atoms with Gasteiger partial charge >= 0.3 is 5.97 Å². The van der Waals surface area contributed by atoms with Crippen molar-refractivity contribution in [3.05, 3.63) is 42.1 Å². The van der Waals surface area contributed by atoms with Gasteiger partial charge in [0.2, 0.25) is 5.91 Å². The van der Waals surface area contributed by atoms with Crippen molar-refractivity contribution in [2.24, 2.45) is 0 Å². The summed E-state index contributed by atoms with van der Waals surface area (Å²) in [5.41, 5.74) is 1.44. The van der Waals surface area contributed by atoms with Gasteiger partial charge in [0.25, 0.3) is 0 Å². The smallest absolute Gasteiger partial charge is 0.329 e. The minimum atomic E-state index is -0.544. The number of amides is 1. The van der Waals surface area contributed by atoms with Gasteiger partial charge in [-0.15, -0.1) is 0 Å². The molecule has 0 aliphatic carbocycles. The van der Waals surface area contributed by atoms with E-state index in [9.17, 15) is 9.59 Å². The van der Waals surface area contributed by atoms with Crippen molar-refractivity contribution >= 4 is 11.9 Å². The van der Waals surface area contributed by atoms with E-state index in [0.29, 0.717) is 24.3 Å². The van der Waals surface area contributed by atoms with E-state index < -0.39 is 12.0 Å². The fraction of sp³-hybridized carbons (Fsp3) is 0.267. The van der Waals surface area contributed by atoms with Gasteiger partial charge in [0.1, 0.15) is 18.3 Å². The Labute approximate surface area is 121 Å². The summed E-state index contributed by atoms with van der Waals surface area (Å²) >= 11 is 0.